The maximum atomic E-state index is 2.41. The largest absolute Gasteiger partial charge is 0.339 e. The Morgan fingerprint density at radius 2 is 0.667 bits per heavy atom. The van der Waals surface area contributed by atoms with Gasteiger partial charge in [-0.2, -0.15) is 0 Å². The van der Waals surface area contributed by atoms with Gasteiger partial charge in [0.25, 0.3) is 0 Å². The Balaban J connectivity index is 1.18. The zero-order valence-electron chi connectivity index (χ0n) is 23.8. The van der Waals surface area contributed by atoms with Crippen LogP contribution in [-0.4, -0.2) is 15.2 Å². The Bertz CT molecular complexity index is 1950. The summed E-state index contributed by atoms with van der Waals surface area (Å²) in [5.74, 6) is 0. The number of nitrogens with zero attached hydrogens (tertiary/aromatic N) is 3. The van der Waals surface area contributed by atoms with E-state index >= 15 is 0 Å². The Hall–Kier alpha value is -5.28. The van der Waals surface area contributed by atoms with Crippen molar-refractivity contribution in [3.05, 3.63) is 146 Å². The SMILES string of the molecule is CC(C)N(c1ccc(-n2c3ccccc3c3ccccc32)cc1)c1ccc(-n2c3ccccc3c3ccccc32)cc1. The van der Waals surface area contributed by atoms with E-state index in [9.17, 15) is 0 Å². The van der Waals surface area contributed by atoms with Gasteiger partial charge in [0.2, 0.25) is 0 Å². The smallest absolute Gasteiger partial charge is 0.0541 e. The molecule has 3 heteroatoms. The van der Waals surface area contributed by atoms with Gasteiger partial charge in [-0.1, -0.05) is 72.8 Å². The fraction of sp³-hybridized carbons (Fsp3) is 0.0769. The number of benzene rings is 6. The first kappa shape index (κ1) is 24.5. The minimum atomic E-state index is 0.295. The van der Waals surface area contributed by atoms with Crippen molar-refractivity contribution in [1.82, 2.24) is 9.13 Å². The molecule has 8 aromatic rings. The van der Waals surface area contributed by atoms with Gasteiger partial charge in [0.05, 0.1) is 22.1 Å². The minimum absolute atomic E-state index is 0.295. The Morgan fingerprint density at radius 3 is 0.952 bits per heavy atom. The van der Waals surface area contributed by atoms with Crippen LogP contribution >= 0.6 is 0 Å². The maximum Gasteiger partial charge on any atom is 0.0541 e. The Morgan fingerprint density at radius 1 is 0.381 bits per heavy atom. The molecule has 0 spiro atoms. The summed E-state index contributed by atoms with van der Waals surface area (Å²) in [4.78, 5) is 2.41. The lowest BCUT2D eigenvalue weighted by Crippen LogP contribution is -2.25. The topological polar surface area (TPSA) is 13.1 Å². The van der Waals surface area contributed by atoms with Crippen LogP contribution in [0.25, 0.3) is 55.0 Å². The van der Waals surface area contributed by atoms with Gasteiger partial charge >= 0.3 is 0 Å². The van der Waals surface area contributed by atoms with Crippen molar-refractivity contribution in [3.63, 3.8) is 0 Å². The fourth-order valence-corrected chi connectivity index (χ4v) is 6.67. The molecule has 202 valence electrons. The van der Waals surface area contributed by atoms with E-state index in [0.717, 1.165) is 0 Å². The van der Waals surface area contributed by atoms with Crippen LogP contribution in [0.1, 0.15) is 13.8 Å². The highest BCUT2D eigenvalue weighted by Crippen LogP contribution is 2.36. The summed E-state index contributed by atoms with van der Waals surface area (Å²) in [5.41, 5.74) is 9.61. The van der Waals surface area contributed by atoms with Crippen molar-refractivity contribution < 1.29 is 0 Å². The molecule has 0 aliphatic heterocycles. The van der Waals surface area contributed by atoms with Gasteiger partial charge in [-0.25, -0.2) is 0 Å². The molecule has 0 unspecified atom stereocenters. The average Bonchev–Trinajstić information content (AvgIpc) is 3.55. The first-order chi connectivity index (χ1) is 20.7. The molecule has 0 amide bonds. The zero-order valence-corrected chi connectivity index (χ0v) is 23.8. The molecule has 0 atom stereocenters. The van der Waals surface area contributed by atoms with Crippen LogP contribution in [0.4, 0.5) is 11.4 Å². The molecule has 0 saturated carbocycles. The molecule has 6 aromatic carbocycles. The molecule has 3 nitrogen and oxygen atoms in total. The third kappa shape index (κ3) is 3.74. The van der Waals surface area contributed by atoms with E-state index in [1.165, 1.54) is 66.4 Å². The van der Waals surface area contributed by atoms with Crippen molar-refractivity contribution in [3.8, 4) is 11.4 Å². The average molecular weight is 542 g/mol. The van der Waals surface area contributed by atoms with E-state index in [2.05, 4.69) is 173 Å². The molecule has 0 saturated heterocycles. The zero-order chi connectivity index (χ0) is 28.2. The molecule has 0 bridgehead atoms. The number of fused-ring (bicyclic) bond motifs is 6. The van der Waals surface area contributed by atoms with E-state index in [4.69, 9.17) is 0 Å². The maximum absolute atomic E-state index is 2.41. The lowest BCUT2D eigenvalue weighted by molar-refractivity contribution is 0.788. The fourth-order valence-electron chi connectivity index (χ4n) is 6.67. The minimum Gasteiger partial charge on any atom is -0.339 e. The number of para-hydroxylation sites is 4. The quantitative estimate of drug-likeness (QED) is 0.211. The highest BCUT2D eigenvalue weighted by molar-refractivity contribution is 6.10. The normalized spacial score (nSPS) is 11.8. The third-order valence-electron chi connectivity index (χ3n) is 8.45. The van der Waals surface area contributed by atoms with Crippen LogP contribution in [-0.2, 0) is 0 Å². The molecule has 0 aliphatic carbocycles. The first-order valence-electron chi connectivity index (χ1n) is 14.7. The molecule has 2 aromatic heterocycles. The van der Waals surface area contributed by atoms with Crippen LogP contribution in [0.2, 0.25) is 0 Å². The molecule has 0 aliphatic rings. The number of rotatable bonds is 5. The number of anilines is 2. The van der Waals surface area contributed by atoms with Crippen molar-refractivity contribution in [2.45, 2.75) is 19.9 Å². The van der Waals surface area contributed by atoms with Gasteiger partial charge < -0.3 is 14.0 Å². The summed E-state index contributed by atoms with van der Waals surface area (Å²) >= 11 is 0. The Labute approximate surface area is 245 Å². The molecule has 0 fully saturated rings. The van der Waals surface area contributed by atoms with Gasteiger partial charge in [0.1, 0.15) is 0 Å². The Kier molecular flexibility index (Phi) is 5.65. The molecule has 0 N–H and O–H groups in total. The summed E-state index contributed by atoms with van der Waals surface area (Å²) in [7, 11) is 0. The lowest BCUT2D eigenvalue weighted by Gasteiger charge is -2.29. The van der Waals surface area contributed by atoms with Crippen molar-refractivity contribution in [2.75, 3.05) is 4.90 Å². The van der Waals surface area contributed by atoms with E-state index < -0.39 is 0 Å². The van der Waals surface area contributed by atoms with Gasteiger partial charge in [-0.3, -0.25) is 0 Å². The number of hydrogen-bond donors (Lipinski definition) is 0. The summed E-state index contributed by atoms with van der Waals surface area (Å²) < 4.78 is 4.74. The molecular formula is C39H31N3. The summed E-state index contributed by atoms with van der Waals surface area (Å²) in [6.45, 7) is 4.50. The molecule has 2 heterocycles. The molecule has 8 rings (SSSR count). The highest BCUT2D eigenvalue weighted by atomic mass is 15.2. The predicted molar refractivity (Wildman–Crippen MR) is 179 cm³/mol. The van der Waals surface area contributed by atoms with E-state index in [1.54, 1.807) is 0 Å². The number of aromatic nitrogens is 2. The van der Waals surface area contributed by atoms with Crippen LogP contribution in [0.3, 0.4) is 0 Å². The van der Waals surface area contributed by atoms with E-state index in [1.807, 2.05) is 0 Å². The predicted octanol–water partition coefficient (Wildman–Crippen LogP) is 10.4. The van der Waals surface area contributed by atoms with Crippen LogP contribution in [0, 0.1) is 0 Å². The molecular weight excluding hydrogens is 510 g/mol. The molecule has 0 radical (unpaired) electrons. The lowest BCUT2D eigenvalue weighted by atomic mass is 10.1. The van der Waals surface area contributed by atoms with Crippen LogP contribution in [0.15, 0.2) is 146 Å². The van der Waals surface area contributed by atoms with Gasteiger partial charge in [0.15, 0.2) is 0 Å². The monoisotopic (exact) mass is 541 g/mol. The first-order valence-corrected chi connectivity index (χ1v) is 14.7. The summed E-state index contributed by atoms with van der Waals surface area (Å²) in [6, 6.07) is 52.9. The van der Waals surface area contributed by atoms with E-state index in [0.29, 0.717) is 6.04 Å². The van der Waals surface area contributed by atoms with Crippen LogP contribution < -0.4 is 4.90 Å². The van der Waals surface area contributed by atoms with Crippen molar-refractivity contribution in [1.29, 1.82) is 0 Å². The summed E-state index contributed by atoms with van der Waals surface area (Å²) in [6.07, 6.45) is 0. The van der Waals surface area contributed by atoms with Crippen molar-refractivity contribution in [2.24, 2.45) is 0 Å². The molecule has 42 heavy (non-hydrogen) atoms. The highest BCUT2D eigenvalue weighted by Gasteiger charge is 2.17. The standard InChI is InChI=1S/C39H31N3/c1-27(2)40(28-19-23-30(24-20-28)41-36-15-7-3-11-32(36)33-12-4-8-16-37(33)41)29-21-25-31(26-22-29)42-38-17-9-5-13-34(38)35-14-6-10-18-39(35)42/h3-27H,1-2H3. The van der Waals surface area contributed by atoms with Gasteiger partial charge in [-0.05, 0) is 86.6 Å². The van der Waals surface area contributed by atoms with Gasteiger partial charge in [-0.15, -0.1) is 0 Å². The van der Waals surface area contributed by atoms with Crippen LogP contribution in [0.5, 0.6) is 0 Å². The van der Waals surface area contributed by atoms with Crippen molar-refractivity contribution >= 4 is 55.0 Å². The second-order valence-corrected chi connectivity index (χ2v) is 11.2. The van der Waals surface area contributed by atoms with E-state index in [-0.39, 0.29) is 0 Å². The third-order valence-corrected chi connectivity index (χ3v) is 8.45. The second-order valence-electron chi connectivity index (χ2n) is 11.2. The van der Waals surface area contributed by atoms with Gasteiger partial charge in [0, 0.05) is 50.3 Å². The summed E-state index contributed by atoms with van der Waals surface area (Å²) in [5, 5.41) is 5.13. The number of hydrogen-bond acceptors (Lipinski definition) is 1. The second kappa shape index (κ2) is 9.67.